The quantitative estimate of drug-likeness (QED) is 0.797. The van der Waals surface area contributed by atoms with E-state index in [9.17, 15) is 9.90 Å². The molecule has 2 aliphatic rings. The van der Waals surface area contributed by atoms with E-state index in [0.29, 0.717) is 29.4 Å². The number of hydrogen-bond donors (Lipinski definition) is 2. The molecule has 100 valence electrons. The van der Waals surface area contributed by atoms with Crippen molar-refractivity contribution in [3.63, 3.8) is 0 Å². The fourth-order valence-corrected chi connectivity index (χ4v) is 3.50. The van der Waals surface area contributed by atoms with Gasteiger partial charge in [0, 0.05) is 12.0 Å². The Morgan fingerprint density at radius 2 is 2.21 bits per heavy atom. The van der Waals surface area contributed by atoms with Gasteiger partial charge < -0.3 is 10.4 Å². The van der Waals surface area contributed by atoms with E-state index in [1.165, 1.54) is 0 Å². The number of rotatable bonds is 2. The van der Waals surface area contributed by atoms with Crippen LogP contribution in [-0.2, 0) is 0 Å². The number of para-hydroxylation sites is 1. The number of carbonyl (C=O) groups is 1. The van der Waals surface area contributed by atoms with Gasteiger partial charge in [0.25, 0.3) is 0 Å². The van der Waals surface area contributed by atoms with Crippen molar-refractivity contribution in [3.8, 4) is 0 Å². The molecule has 0 bridgehead atoms. The van der Waals surface area contributed by atoms with E-state index in [2.05, 4.69) is 37.4 Å². The summed E-state index contributed by atoms with van der Waals surface area (Å²) in [6, 6.07) is 5.93. The minimum Gasteiger partial charge on any atom is -0.478 e. The van der Waals surface area contributed by atoms with Gasteiger partial charge in [-0.15, -0.1) is 0 Å². The molecule has 19 heavy (non-hydrogen) atoms. The largest absolute Gasteiger partial charge is 0.478 e. The summed E-state index contributed by atoms with van der Waals surface area (Å²) in [7, 11) is 0. The van der Waals surface area contributed by atoms with Gasteiger partial charge in [0.15, 0.2) is 0 Å². The lowest BCUT2D eigenvalue weighted by Crippen LogP contribution is -2.40. The molecule has 1 heterocycles. The number of hydrogen-bond acceptors (Lipinski definition) is 2. The van der Waals surface area contributed by atoms with Crippen LogP contribution in [0.15, 0.2) is 30.4 Å². The maximum absolute atomic E-state index is 11.4. The van der Waals surface area contributed by atoms with Crippen LogP contribution in [0.2, 0.25) is 0 Å². The van der Waals surface area contributed by atoms with Gasteiger partial charge in [-0.25, -0.2) is 4.79 Å². The smallest absolute Gasteiger partial charge is 0.337 e. The minimum absolute atomic E-state index is 0.341. The average Bonchev–Trinajstić information content (AvgIpc) is 2.85. The lowest BCUT2D eigenvalue weighted by atomic mass is 9.75. The predicted octanol–water partition coefficient (Wildman–Crippen LogP) is 3.49. The molecule has 1 aromatic rings. The number of fused-ring (bicyclic) bond motifs is 3. The first kappa shape index (κ1) is 12.3. The Morgan fingerprint density at radius 1 is 1.42 bits per heavy atom. The number of anilines is 1. The van der Waals surface area contributed by atoms with Crippen LogP contribution in [0, 0.1) is 11.8 Å². The first-order chi connectivity index (χ1) is 9.09. The van der Waals surface area contributed by atoms with Gasteiger partial charge in [-0.2, -0.15) is 0 Å². The summed E-state index contributed by atoms with van der Waals surface area (Å²) in [5.41, 5.74) is 2.35. The fourth-order valence-electron chi connectivity index (χ4n) is 3.50. The van der Waals surface area contributed by atoms with Crippen molar-refractivity contribution < 1.29 is 9.90 Å². The van der Waals surface area contributed by atoms with E-state index in [-0.39, 0.29) is 0 Å². The van der Waals surface area contributed by atoms with E-state index < -0.39 is 5.97 Å². The second-order valence-corrected chi connectivity index (χ2v) is 5.84. The number of carboxylic acids is 1. The Labute approximate surface area is 113 Å². The highest BCUT2D eigenvalue weighted by molar-refractivity contribution is 5.95. The summed E-state index contributed by atoms with van der Waals surface area (Å²) in [5.74, 6) is 0.550. The molecule has 0 saturated heterocycles. The lowest BCUT2D eigenvalue weighted by molar-refractivity contribution is 0.0697. The van der Waals surface area contributed by atoms with Crippen molar-refractivity contribution in [1.29, 1.82) is 0 Å². The number of nitrogens with one attached hydrogen (secondary N) is 1. The molecule has 0 saturated carbocycles. The molecular formula is C16H19NO2. The van der Waals surface area contributed by atoms with Gasteiger partial charge in [-0.05, 0) is 29.9 Å². The molecule has 1 aliphatic carbocycles. The Kier molecular flexibility index (Phi) is 2.85. The van der Waals surface area contributed by atoms with Gasteiger partial charge >= 0.3 is 5.97 Å². The monoisotopic (exact) mass is 257 g/mol. The first-order valence-corrected chi connectivity index (χ1v) is 6.89. The van der Waals surface area contributed by atoms with E-state index in [1.54, 1.807) is 6.07 Å². The van der Waals surface area contributed by atoms with Crippen LogP contribution in [0.4, 0.5) is 5.69 Å². The molecule has 2 N–H and O–H groups in total. The summed E-state index contributed by atoms with van der Waals surface area (Å²) < 4.78 is 0. The van der Waals surface area contributed by atoms with Crippen LogP contribution in [0.3, 0.4) is 0 Å². The third-order valence-corrected chi connectivity index (χ3v) is 4.39. The lowest BCUT2D eigenvalue weighted by Gasteiger charge is -2.40. The summed E-state index contributed by atoms with van der Waals surface area (Å²) in [6.45, 7) is 4.39. The third-order valence-electron chi connectivity index (χ3n) is 4.39. The number of aromatic carboxylic acids is 1. The summed E-state index contributed by atoms with van der Waals surface area (Å²) in [6.07, 6.45) is 5.55. The first-order valence-electron chi connectivity index (χ1n) is 6.89. The highest BCUT2D eigenvalue weighted by Gasteiger charge is 2.39. The molecular weight excluding hydrogens is 238 g/mol. The standard InChI is InChI=1S/C16H19NO2/c1-9(2)14-11-6-3-5-10(11)12-7-4-8-13(16(18)19)15(12)17-14/h3-5,7-11,14,17H,6H2,1-2H3,(H,18,19)/t10-,11-,14+/m0/s1. The summed E-state index contributed by atoms with van der Waals surface area (Å²) in [5, 5.41) is 12.8. The van der Waals surface area contributed by atoms with Gasteiger partial charge in [0.1, 0.15) is 0 Å². The van der Waals surface area contributed by atoms with Crippen LogP contribution < -0.4 is 5.32 Å². The molecule has 0 spiro atoms. The maximum Gasteiger partial charge on any atom is 0.337 e. The Bertz CT molecular complexity index is 548. The van der Waals surface area contributed by atoms with Crippen LogP contribution in [0.5, 0.6) is 0 Å². The van der Waals surface area contributed by atoms with Crippen molar-refractivity contribution >= 4 is 11.7 Å². The van der Waals surface area contributed by atoms with Crippen LogP contribution in [-0.4, -0.2) is 17.1 Å². The van der Waals surface area contributed by atoms with Crippen LogP contribution >= 0.6 is 0 Å². The highest BCUT2D eigenvalue weighted by atomic mass is 16.4. The van der Waals surface area contributed by atoms with E-state index in [4.69, 9.17) is 0 Å². The zero-order valence-electron chi connectivity index (χ0n) is 11.3. The molecule has 3 atom stereocenters. The molecule has 0 fully saturated rings. The molecule has 0 radical (unpaired) electrons. The molecule has 3 heteroatoms. The predicted molar refractivity (Wildman–Crippen MR) is 75.6 cm³/mol. The van der Waals surface area contributed by atoms with Crippen molar-refractivity contribution in [2.75, 3.05) is 5.32 Å². The van der Waals surface area contributed by atoms with Crippen LogP contribution in [0.25, 0.3) is 0 Å². The van der Waals surface area contributed by atoms with Gasteiger partial charge in [0.2, 0.25) is 0 Å². The molecule has 0 amide bonds. The van der Waals surface area contributed by atoms with Gasteiger partial charge in [-0.1, -0.05) is 38.1 Å². The van der Waals surface area contributed by atoms with Gasteiger partial charge in [0.05, 0.1) is 11.3 Å². The minimum atomic E-state index is -0.854. The van der Waals surface area contributed by atoms with E-state index >= 15 is 0 Å². The molecule has 3 nitrogen and oxygen atoms in total. The summed E-state index contributed by atoms with van der Waals surface area (Å²) in [4.78, 5) is 11.4. The second-order valence-electron chi connectivity index (χ2n) is 5.84. The van der Waals surface area contributed by atoms with E-state index in [0.717, 1.165) is 17.7 Å². The average molecular weight is 257 g/mol. The molecule has 1 aliphatic heterocycles. The van der Waals surface area contributed by atoms with Crippen molar-refractivity contribution in [2.45, 2.75) is 32.2 Å². The number of allylic oxidation sites excluding steroid dienone is 2. The topological polar surface area (TPSA) is 49.3 Å². The Balaban J connectivity index is 2.13. The third kappa shape index (κ3) is 1.84. The molecule has 0 aromatic heterocycles. The number of carboxylic acid groups (broad SMARTS) is 1. The zero-order chi connectivity index (χ0) is 13.6. The molecule has 0 unspecified atom stereocenters. The van der Waals surface area contributed by atoms with Crippen molar-refractivity contribution in [1.82, 2.24) is 0 Å². The van der Waals surface area contributed by atoms with Crippen molar-refractivity contribution in [3.05, 3.63) is 41.5 Å². The molecule has 1 aromatic carbocycles. The normalized spacial score (nSPS) is 27.8. The van der Waals surface area contributed by atoms with Crippen molar-refractivity contribution in [2.24, 2.45) is 11.8 Å². The van der Waals surface area contributed by atoms with E-state index in [1.807, 2.05) is 6.07 Å². The SMILES string of the molecule is CC(C)[C@H]1Nc2c(C(=O)O)cccc2[C@H]2C=CC[C@@H]21. The van der Waals surface area contributed by atoms with Crippen LogP contribution in [0.1, 0.15) is 42.1 Å². The van der Waals surface area contributed by atoms with Gasteiger partial charge in [-0.3, -0.25) is 0 Å². The fraction of sp³-hybridized carbons (Fsp3) is 0.438. The maximum atomic E-state index is 11.4. The highest BCUT2D eigenvalue weighted by Crippen LogP contribution is 2.47. The number of benzene rings is 1. The Hall–Kier alpha value is -1.77. The zero-order valence-corrected chi connectivity index (χ0v) is 11.3. The Morgan fingerprint density at radius 3 is 2.89 bits per heavy atom. The molecule has 3 rings (SSSR count). The summed E-state index contributed by atoms with van der Waals surface area (Å²) >= 11 is 0. The second kappa shape index (κ2) is 4.41.